The number of aromatic nitrogens is 1. The molecule has 1 aromatic carbocycles. The van der Waals surface area contributed by atoms with E-state index < -0.39 is 0 Å². The van der Waals surface area contributed by atoms with E-state index in [1.54, 1.807) is 11.3 Å². The van der Waals surface area contributed by atoms with Crippen molar-refractivity contribution in [3.8, 4) is 0 Å². The third kappa shape index (κ3) is 4.89. The minimum Gasteiger partial charge on any atom is -0.346 e. The van der Waals surface area contributed by atoms with Crippen LogP contribution < -0.4 is 0 Å². The lowest BCUT2D eigenvalue weighted by Crippen LogP contribution is -2.27. The molecule has 0 bridgehead atoms. The molecule has 0 amide bonds. The van der Waals surface area contributed by atoms with Gasteiger partial charge in [0.2, 0.25) is 0 Å². The highest BCUT2D eigenvalue weighted by atomic mass is 32.2. The van der Waals surface area contributed by atoms with Gasteiger partial charge in [-0.1, -0.05) is 36.4 Å². The summed E-state index contributed by atoms with van der Waals surface area (Å²) in [6, 6.07) is 12.7. The van der Waals surface area contributed by atoms with E-state index in [4.69, 9.17) is 0 Å². The summed E-state index contributed by atoms with van der Waals surface area (Å²) in [7, 11) is 0. The van der Waals surface area contributed by atoms with Gasteiger partial charge in [-0.2, -0.15) is 0 Å². The Morgan fingerprint density at radius 1 is 0.821 bits per heavy atom. The predicted octanol–water partition coefficient (Wildman–Crippen LogP) is 7.14. The molecule has 0 saturated heterocycles. The predicted molar refractivity (Wildman–Crippen MR) is 164 cm³/mol. The molecular weight excluding hydrogens is 521 g/mol. The molecule has 39 heavy (non-hydrogen) atoms. The SMILES string of the molecule is C1=C2CSc3ccccc3C2=NC1.C1=CC2=Nc3[nH]ccc3CN2C=C1.C1=CC2=Nc3sccc3CN2C=C1. The van der Waals surface area contributed by atoms with Crippen LogP contribution in [0.1, 0.15) is 16.7 Å². The van der Waals surface area contributed by atoms with Gasteiger partial charge < -0.3 is 14.8 Å². The lowest BCUT2D eigenvalue weighted by molar-refractivity contribution is 0.544. The minimum absolute atomic E-state index is 0.875. The lowest BCUT2D eigenvalue weighted by atomic mass is 10.0. The van der Waals surface area contributed by atoms with E-state index in [0.29, 0.717) is 0 Å². The normalized spacial score (nSPS) is 18.4. The van der Waals surface area contributed by atoms with Crippen molar-refractivity contribution in [3.63, 3.8) is 0 Å². The number of hydrogen-bond acceptors (Lipinski definition) is 7. The molecule has 9 rings (SSSR count). The molecule has 8 heterocycles. The van der Waals surface area contributed by atoms with Crippen LogP contribution in [0, 0.1) is 0 Å². The van der Waals surface area contributed by atoms with Crippen molar-refractivity contribution in [2.24, 2.45) is 15.0 Å². The maximum atomic E-state index is 4.55. The third-order valence-electron chi connectivity index (χ3n) is 6.91. The van der Waals surface area contributed by atoms with E-state index in [0.717, 1.165) is 47.9 Å². The van der Waals surface area contributed by atoms with Crippen molar-refractivity contribution in [2.75, 3.05) is 12.3 Å². The van der Waals surface area contributed by atoms with Gasteiger partial charge in [-0.25, -0.2) is 9.98 Å². The van der Waals surface area contributed by atoms with Gasteiger partial charge in [0.25, 0.3) is 0 Å². The van der Waals surface area contributed by atoms with Crippen molar-refractivity contribution in [1.29, 1.82) is 0 Å². The monoisotopic (exact) mass is 546 g/mol. The summed E-state index contributed by atoms with van der Waals surface area (Å²) in [5.41, 5.74) is 6.55. The summed E-state index contributed by atoms with van der Waals surface area (Å²) in [5.74, 6) is 4.15. The van der Waals surface area contributed by atoms with E-state index in [9.17, 15) is 0 Å². The first kappa shape index (κ1) is 23.9. The summed E-state index contributed by atoms with van der Waals surface area (Å²) in [4.78, 5) is 22.3. The molecule has 6 aliphatic rings. The maximum absolute atomic E-state index is 4.55. The molecule has 0 radical (unpaired) electrons. The molecule has 8 heteroatoms. The number of nitrogens with one attached hydrogen (secondary N) is 1. The van der Waals surface area contributed by atoms with Gasteiger partial charge in [-0.15, -0.1) is 23.1 Å². The largest absolute Gasteiger partial charge is 0.346 e. The second-order valence-electron chi connectivity index (χ2n) is 9.40. The molecule has 3 aromatic rings. The zero-order valence-electron chi connectivity index (χ0n) is 21.2. The summed E-state index contributed by atoms with van der Waals surface area (Å²) < 4.78 is 0. The molecule has 6 aliphatic heterocycles. The summed E-state index contributed by atoms with van der Waals surface area (Å²) in [6.07, 6.45) is 20.4. The molecule has 0 aliphatic carbocycles. The van der Waals surface area contributed by atoms with E-state index in [1.165, 1.54) is 32.9 Å². The number of rotatable bonds is 0. The van der Waals surface area contributed by atoms with Gasteiger partial charge in [-0.05, 0) is 53.5 Å². The number of benzene rings is 1. The topological polar surface area (TPSA) is 59.4 Å². The van der Waals surface area contributed by atoms with E-state index in [-0.39, 0.29) is 0 Å². The number of H-pyrrole nitrogens is 1. The first-order valence-electron chi connectivity index (χ1n) is 12.9. The van der Waals surface area contributed by atoms with E-state index in [2.05, 4.69) is 90.0 Å². The van der Waals surface area contributed by atoms with Crippen LogP contribution in [0.25, 0.3) is 0 Å². The molecule has 2 aromatic heterocycles. The van der Waals surface area contributed by atoms with E-state index >= 15 is 0 Å². The zero-order chi connectivity index (χ0) is 26.0. The van der Waals surface area contributed by atoms with Crippen LogP contribution in [0.15, 0.2) is 128 Å². The Hall–Kier alpha value is -4.14. The number of nitrogens with zero attached hydrogens (tertiary/aromatic N) is 5. The molecule has 1 N–H and O–H groups in total. The van der Waals surface area contributed by atoms with Crippen molar-refractivity contribution in [3.05, 3.63) is 125 Å². The second kappa shape index (κ2) is 10.6. The van der Waals surface area contributed by atoms with Crippen LogP contribution in [0.2, 0.25) is 0 Å². The highest BCUT2D eigenvalue weighted by Crippen LogP contribution is 2.34. The van der Waals surface area contributed by atoms with Gasteiger partial charge in [0.15, 0.2) is 0 Å². The molecule has 192 valence electrons. The fourth-order valence-corrected chi connectivity index (χ4v) is 6.79. The van der Waals surface area contributed by atoms with Crippen molar-refractivity contribution in [1.82, 2.24) is 14.8 Å². The molecule has 0 fully saturated rings. The van der Waals surface area contributed by atoms with E-state index in [1.807, 2.05) is 54.4 Å². The Balaban J connectivity index is 0.0000000974. The number of fused-ring (bicyclic) bond motifs is 7. The Morgan fingerprint density at radius 2 is 1.62 bits per heavy atom. The second-order valence-corrected chi connectivity index (χ2v) is 11.3. The zero-order valence-corrected chi connectivity index (χ0v) is 22.8. The summed E-state index contributed by atoms with van der Waals surface area (Å²) in [6.45, 7) is 2.75. The van der Waals surface area contributed by atoms with Crippen LogP contribution in [0.4, 0.5) is 10.8 Å². The Labute approximate surface area is 235 Å². The smallest absolute Gasteiger partial charge is 0.137 e. The fourth-order valence-electron chi connectivity index (χ4n) is 4.94. The van der Waals surface area contributed by atoms with Gasteiger partial charge >= 0.3 is 0 Å². The molecule has 0 unspecified atom stereocenters. The fraction of sp³-hybridized carbons (Fsp3) is 0.129. The van der Waals surface area contributed by atoms with Crippen LogP contribution >= 0.6 is 23.1 Å². The quantitative estimate of drug-likeness (QED) is 0.326. The number of thioether (sulfide) groups is 1. The van der Waals surface area contributed by atoms with Gasteiger partial charge in [0, 0.05) is 45.9 Å². The standard InChI is InChI=1S/C11H9NS.C10H9N3.C10H8N2S/c1-2-4-10-9(3-1)11-8(7-13-10)5-6-12-11;1-2-6-13-7-8-4-5-11-10(8)12-9(13)3-1;1-2-5-12-7-8-4-6-13-10(8)11-9(12)3-1/h1-5H,6-7H2;1-6,11H,7H2;1-6H,7H2. The Kier molecular flexibility index (Phi) is 6.48. The number of amidine groups is 2. The Bertz CT molecular complexity index is 1580. The highest BCUT2D eigenvalue weighted by molar-refractivity contribution is 7.99. The number of aliphatic imine (C=N–C) groups is 3. The average Bonchev–Trinajstić information content (AvgIpc) is 3.76. The Morgan fingerprint density at radius 3 is 2.49 bits per heavy atom. The maximum Gasteiger partial charge on any atom is 0.137 e. The number of thiophene rings is 1. The molecule has 0 spiro atoms. The first-order chi connectivity index (χ1) is 19.3. The number of hydrogen-bond donors (Lipinski definition) is 1. The van der Waals surface area contributed by atoms with Gasteiger partial charge in [-0.3, -0.25) is 4.99 Å². The van der Waals surface area contributed by atoms with Crippen LogP contribution in [0.3, 0.4) is 0 Å². The summed E-state index contributed by atoms with van der Waals surface area (Å²) in [5, 5.41) is 3.26. The van der Waals surface area contributed by atoms with Crippen molar-refractivity contribution in [2.45, 2.75) is 18.0 Å². The van der Waals surface area contributed by atoms with Crippen molar-refractivity contribution < 1.29 is 0 Å². The van der Waals surface area contributed by atoms with Gasteiger partial charge in [0.1, 0.15) is 22.5 Å². The van der Waals surface area contributed by atoms with Crippen LogP contribution in [0.5, 0.6) is 0 Å². The molecule has 6 nitrogen and oxygen atoms in total. The molecule has 0 atom stereocenters. The highest BCUT2D eigenvalue weighted by Gasteiger charge is 2.22. The third-order valence-corrected chi connectivity index (χ3v) is 8.88. The molecule has 0 saturated carbocycles. The molecular formula is C31H26N6S2. The minimum atomic E-state index is 0.875. The van der Waals surface area contributed by atoms with Crippen molar-refractivity contribution >= 4 is 51.3 Å². The van der Waals surface area contributed by atoms with Gasteiger partial charge in [0.05, 0.1) is 25.3 Å². The number of allylic oxidation sites excluding steroid dienone is 4. The lowest BCUT2D eigenvalue weighted by Gasteiger charge is -2.25. The average molecular weight is 547 g/mol. The first-order valence-corrected chi connectivity index (χ1v) is 14.8. The number of aromatic amines is 1. The van der Waals surface area contributed by atoms with Crippen LogP contribution in [-0.4, -0.2) is 44.5 Å². The summed E-state index contributed by atoms with van der Waals surface area (Å²) >= 11 is 3.62. The van der Waals surface area contributed by atoms with Crippen LogP contribution in [-0.2, 0) is 13.1 Å².